The average Bonchev–Trinajstić information content (AvgIpc) is 2.48. The van der Waals surface area contributed by atoms with Gasteiger partial charge >= 0.3 is 0 Å². The zero-order chi connectivity index (χ0) is 15.3. The average molecular weight is 312 g/mol. The van der Waals surface area contributed by atoms with Crippen molar-refractivity contribution in [2.24, 2.45) is 5.73 Å². The Morgan fingerprint density at radius 1 is 1.14 bits per heavy atom. The largest absolute Gasteiger partial charge is 0.369 e. The molecule has 2 rings (SSSR count). The van der Waals surface area contributed by atoms with Crippen LogP contribution in [0.5, 0.6) is 0 Å². The summed E-state index contributed by atoms with van der Waals surface area (Å²) in [7, 11) is -3.36. The molecule has 0 atom stereocenters. The lowest BCUT2D eigenvalue weighted by Gasteiger charge is -2.35. The molecular weight excluding hydrogens is 288 g/mol. The molecule has 21 heavy (non-hydrogen) atoms. The Hall–Kier alpha value is -1.15. The first-order valence-electron chi connectivity index (χ1n) is 7.34. The van der Waals surface area contributed by atoms with Crippen LogP contribution in [-0.4, -0.2) is 59.1 Å². The van der Waals surface area contributed by atoms with Crippen LogP contribution in [0.25, 0.3) is 0 Å². The molecule has 3 N–H and O–H groups in total. The smallest absolute Gasteiger partial charge is 0.240 e. The Labute approximate surface area is 127 Å². The van der Waals surface area contributed by atoms with Crippen LogP contribution < -0.4 is 15.4 Å². The van der Waals surface area contributed by atoms with Crippen LogP contribution in [0.1, 0.15) is 6.92 Å². The van der Waals surface area contributed by atoms with Gasteiger partial charge in [0.2, 0.25) is 10.0 Å². The Balaban J connectivity index is 2.00. The fraction of sp³-hybridized carbons (Fsp3) is 0.571. The van der Waals surface area contributed by atoms with Crippen molar-refractivity contribution in [1.82, 2.24) is 9.62 Å². The van der Waals surface area contributed by atoms with Gasteiger partial charge in [-0.2, -0.15) is 0 Å². The number of rotatable bonds is 6. The van der Waals surface area contributed by atoms with Crippen molar-refractivity contribution in [3.8, 4) is 0 Å². The number of hydrogen-bond acceptors (Lipinski definition) is 5. The first kappa shape index (κ1) is 16.2. The van der Waals surface area contributed by atoms with Crippen molar-refractivity contribution < 1.29 is 8.42 Å². The zero-order valence-corrected chi connectivity index (χ0v) is 13.3. The molecule has 118 valence electrons. The summed E-state index contributed by atoms with van der Waals surface area (Å²) in [6.07, 6.45) is 0. The third-order valence-corrected chi connectivity index (χ3v) is 5.23. The predicted molar refractivity (Wildman–Crippen MR) is 85.0 cm³/mol. The molecular formula is C14H24N4O2S. The molecule has 0 bridgehead atoms. The molecule has 0 radical (unpaired) electrons. The Morgan fingerprint density at radius 3 is 2.29 bits per heavy atom. The molecule has 1 saturated heterocycles. The monoisotopic (exact) mass is 312 g/mol. The van der Waals surface area contributed by atoms with Crippen molar-refractivity contribution in [3.63, 3.8) is 0 Å². The Morgan fingerprint density at radius 2 is 1.76 bits per heavy atom. The van der Waals surface area contributed by atoms with E-state index in [-0.39, 0.29) is 0 Å². The molecule has 0 amide bonds. The first-order valence-corrected chi connectivity index (χ1v) is 8.82. The van der Waals surface area contributed by atoms with E-state index in [1.54, 1.807) is 19.1 Å². The summed E-state index contributed by atoms with van der Waals surface area (Å²) in [5.41, 5.74) is 6.64. The number of piperazine rings is 1. The zero-order valence-electron chi connectivity index (χ0n) is 12.5. The summed E-state index contributed by atoms with van der Waals surface area (Å²) < 4.78 is 26.3. The van der Waals surface area contributed by atoms with E-state index in [2.05, 4.69) is 14.5 Å². The van der Waals surface area contributed by atoms with E-state index in [1.165, 1.54) is 0 Å². The Bertz CT molecular complexity index is 537. The minimum atomic E-state index is -3.36. The van der Waals surface area contributed by atoms with Crippen molar-refractivity contribution in [2.45, 2.75) is 11.8 Å². The standard InChI is InChI=1S/C14H24N4O2S/c1-2-16-21(19,20)14-5-3-13(4-6-14)18-11-9-17(8-7-15)10-12-18/h3-6,16H,2,7-12,15H2,1H3. The lowest BCUT2D eigenvalue weighted by molar-refractivity contribution is 0.265. The highest BCUT2D eigenvalue weighted by Crippen LogP contribution is 2.19. The molecule has 1 aromatic carbocycles. The second kappa shape index (κ2) is 7.22. The van der Waals surface area contributed by atoms with Crippen molar-refractivity contribution in [2.75, 3.05) is 50.7 Å². The Kier molecular flexibility index (Phi) is 5.58. The number of nitrogens with two attached hydrogens (primary N) is 1. The van der Waals surface area contributed by atoms with Gasteiger partial charge in [0.15, 0.2) is 0 Å². The normalized spacial score (nSPS) is 17.1. The maximum atomic E-state index is 11.9. The van der Waals surface area contributed by atoms with Gasteiger partial charge < -0.3 is 10.6 Å². The van der Waals surface area contributed by atoms with Gasteiger partial charge in [0.25, 0.3) is 0 Å². The molecule has 0 saturated carbocycles. The maximum Gasteiger partial charge on any atom is 0.240 e. The number of hydrogen-bond donors (Lipinski definition) is 2. The van der Waals surface area contributed by atoms with Crippen LogP contribution in [0, 0.1) is 0 Å². The highest BCUT2D eigenvalue weighted by atomic mass is 32.2. The van der Waals surface area contributed by atoms with Gasteiger partial charge in [-0.1, -0.05) is 6.92 Å². The summed E-state index contributed by atoms with van der Waals surface area (Å²) in [5, 5.41) is 0. The van der Waals surface area contributed by atoms with Crippen molar-refractivity contribution in [3.05, 3.63) is 24.3 Å². The fourth-order valence-electron chi connectivity index (χ4n) is 2.52. The summed E-state index contributed by atoms with van der Waals surface area (Å²) in [4.78, 5) is 4.94. The third kappa shape index (κ3) is 4.16. The highest BCUT2D eigenvalue weighted by Gasteiger charge is 2.17. The van der Waals surface area contributed by atoms with Gasteiger partial charge in [-0.05, 0) is 24.3 Å². The first-order chi connectivity index (χ1) is 10.1. The molecule has 0 aliphatic carbocycles. The molecule has 0 aromatic heterocycles. The van der Waals surface area contributed by atoms with Gasteiger partial charge in [0.1, 0.15) is 0 Å². The van der Waals surface area contributed by atoms with E-state index in [9.17, 15) is 8.42 Å². The minimum Gasteiger partial charge on any atom is -0.369 e. The summed E-state index contributed by atoms with van der Waals surface area (Å²) >= 11 is 0. The van der Waals surface area contributed by atoms with Crippen LogP contribution in [0.3, 0.4) is 0 Å². The van der Waals surface area contributed by atoms with Crippen LogP contribution in [0.4, 0.5) is 5.69 Å². The molecule has 0 spiro atoms. The molecule has 1 heterocycles. The van der Waals surface area contributed by atoms with E-state index >= 15 is 0 Å². The topological polar surface area (TPSA) is 78.7 Å². The summed E-state index contributed by atoms with van der Waals surface area (Å²) in [6, 6.07) is 7.09. The SMILES string of the molecule is CCNS(=O)(=O)c1ccc(N2CCN(CCN)CC2)cc1. The van der Waals surface area contributed by atoms with Crippen molar-refractivity contribution in [1.29, 1.82) is 0 Å². The van der Waals surface area contributed by atoms with E-state index < -0.39 is 10.0 Å². The second-order valence-electron chi connectivity index (χ2n) is 5.11. The van der Waals surface area contributed by atoms with E-state index in [1.807, 2.05) is 12.1 Å². The molecule has 1 aliphatic heterocycles. The number of sulfonamides is 1. The maximum absolute atomic E-state index is 11.9. The fourth-order valence-corrected chi connectivity index (χ4v) is 3.56. The molecule has 7 heteroatoms. The number of anilines is 1. The number of nitrogens with one attached hydrogen (secondary N) is 1. The molecule has 1 fully saturated rings. The summed E-state index contributed by atoms with van der Waals surface area (Å²) in [6.45, 7) is 7.67. The van der Waals surface area contributed by atoms with Gasteiger partial charge in [-0.15, -0.1) is 0 Å². The van der Waals surface area contributed by atoms with Gasteiger partial charge in [0, 0.05) is 51.5 Å². The molecule has 1 aliphatic rings. The number of benzene rings is 1. The lowest BCUT2D eigenvalue weighted by atomic mass is 10.2. The molecule has 6 nitrogen and oxygen atoms in total. The van der Waals surface area contributed by atoms with Gasteiger partial charge in [-0.3, -0.25) is 4.90 Å². The third-order valence-electron chi connectivity index (χ3n) is 3.66. The lowest BCUT2D eigenvalue weighted by Crippen LogP contribution is -2.47. The second-order valence-corrected chi connectivity index (χ2v) is 6.88. The van der Waals surface area contributed by atoms with Crippen molar-refractivity contribution >= 4 is 15.7 Å². The van der Waals surface area contributed by atoms with Crippen LogP contribution in [0.2, 0.25) is 0 Å². The van der Waals surface area contributed by atoms with Crippen LogP contribution in [-0.2, 0) is 10.0 Å². The van der Waals surface area contributed by atoms with Gasteiger partial charge in [0.05, 0.1) is 4.90 Å². The van der Waals surface area contributed by atoms with Gasteiger partial charge in [-0.25, -0.2) is 13.1 Å². The van der Waals surface area contributed by atoms with E-state index in [0.29, 0.717) is 18.0 Å². The van der Waals surface area contributed by atoms with Crippen LogP contribution in [0.15, 0.2) is 29.2 Å². The summed E-state index contributed by atoms with van der Waals surface area (Å²) in [5.74, 6) is 0. The highest BCUT2D eigenvalue weighted by molar-refractivity contribution is 7.89. The predicted octanol–water partition coefficient (Wildman–Crippen LogP) is 0.0655. The number of nitrogens with zero attached hydrogens (tertiary/aromatic N) is 2. The minimum absolute atomic E-state index is 0.315. The van der Waals surface area contributed by atoms with E-state index in [4.69, 9.17) is 5.73 Å². The molecule has 0 unspecified atom stereocenters. The molecule has 1 aromatic rings. The van der Waals surface area contributed by atoms with Crippen LogP contribution >= 0.6 is 0 Å². The quantitative estimate of drug-likeness (QED) is 0.777. The van der Waals surface area contributed by atoms with E-state index in [0.717, 1.165) is 38.4 Å².